The van der Waals surface area contributed by atoms with Crippen molar-refractivity contribution in [1.29, 1.82) is 0 Å². The maximum Gasteiger partial charge on any atom is 0.227 e. The van der Waals surface area contributed by atoms with Gasteiger partial charge in [-0.3, -0.25) is 4.79 Å². The standard InChI is InChI=1S/C21H26N4O/c22-21(25-18-11-5-2-6-12-18)23-15-16-8-7-13-19(14-16)24-20(26)17-9-3-1-4-10-17/h2,5-8,11-14,17H,1,3-4,9-10,15H2,(H,24,26)(H3,22,23,25). The molecule has 0 radical (unpaired) electrons. The largest absolute Gasteiger partial charge is 0.370 e. The van der Waals surface area contributed by atoms with Gasteiger partial charge in [-0.2, -0.15) is 0 Å². The average molecular weight is 350 g/mol. The van der Waals surface area contributed by atoms with Crippen LogP contribution in [0.3, 0.4) is 0 Å². The average Bonchev–Trinajstić information content (AvgIpc) is 2.68. The lowest BCUT2D eigenvalue weighted by Crippen LogP contribution is -2.24. The zero-order valence-electron chi connectivity index (χ0n) is 14.9. The topological polar surface area (TPSA) is 79.5 Å². The second-order valence-electron chi connectivity index (χ2n) is 6.72. The molecule has 1 fully saturated rings. The quantitative estimate of drug-likeness (QED) is 0.560. The van der Waals surface area contributed by atoms with Crippen molar-refractivity contribution < 1.29 is 4.79 Å². The number of para-hydroxylation sites is 1. The van der Waals surface area contributed by atoms with Crippen molar-refractivity contribution in [2.75, 3.05) is 10.6 Å². The van der Waals surface area contributed by atoms with Crippen LogP contribution in [0.25, 0.3) is 0 Å². The Hall–Kier alpha value is -2.82. The van der Waals surface area contributed by atoms with Crippen LogP contribution in [0.5, 0.6) is 0 Å². The Morgan fingerprint density at radius 1 is 0.962 bits per heavy atom. The van der Waals surface area contributed by atoms with E-state index in [2.05, 4.69) is 15.6 Å². The molecule has 136 valence electrons. The second-order valence-corrected chi connectivity index (χ2v) is 6.72. The number of aliphatic imine (C=N–C) groups is 1. The lowest BCUT2D eigenvalue weighted by atomic mass is 9.88. The number of amides is 1. The summed E-state index contributed by atoms with van der Waals surface area (Å²) in [6, 6.07) is 17.5. The lowest BCUT2D eigenvalue weighted by Gasteiger charge is -2.20. The third-order valence-corrected chi connectivity index (χ3v) is 4.65. The van der Waals surface area contributed by atoms with E-state index >= 15 is 0 Å². The van der Waals surface area contributed by atoms with Gasteiger partial charge in [0, 0.05) is 17.3 Å². The summed E-state index contributed by atoms with van der Waals surface area (Å²) in [5.41, 5.74) is 8.67. The first kappa shape index (κ1) is 18.0. The summed E-state index contributed by atoms with van der Waals surface area (Å²) >= 11 is 0. The highest BCUT2D eigenvalue weighted by molar-refractivity contribution is 5.93. The van der Waals surface area contributed by atoms with E-state index in [0.29, 0.717) is 12.5 Å². The van der Waals surface area contributed by atoms with Gasteiger partial charge in [0.05, 0.1) is 6.54 Å². The predicted octanol–water partition coefficient (Wildman–Crippen LogP) is 4.13. The van der Waals surface area contributed by atoms with Crippen LogP contribution in [-0.4, -0.2) is 11.9 Å². The van der Waals surface area contributed by atoms with Crippen molar-refractivity contribution in [2.45, 2.75) is 38.6 Å². The van der Waals surface area contributed by atoms with Gasteiger partial charge in [-0.25, -0.2) is 4.99 Å². The Bertz CT molecular complexity index is 752. The van der Waals surface area contributed by atoms with Gasteiger partial charge in [0.15, 0.2) is 5.96 Å². The number of hydrogen-bond acceptors (Lipinski definition) is 2. The number of nitrogens with two attached hydrogens (primary N) is 1. The van der Waals surface area contributed by atoms with Gasteiger partial charge in [-0.1, -0.05) is 49.6 Å². The van der Waals surface area contributed by atoms with E-state index in [-0.39, 0.29) is 11.8 Å². The molecule has 26 heavy (non-hydrogen) atoms. The van der Waals surface area contributed by atoms with E-state index in [9.17, 15) is 4.79 Å². The number of carbonyl (C=O) groups is 1. The van der Waals surface area contributed by atoms with Crippen LogP contribution >= 0.6 is 0 Å². The van der Waals surface area contributed by atoms with Gasteiger partial charge < -0.3 is 16.4 Å². The Kier molecular flexibility index (Phi) is 6.25. The van der Waals surface area contributed by atoms with E-state index in [1.165, 1.54) is 6.42 Å². The van der Waals surface area contributed by atoms with Crippen LogP contribution < -0.4 is 16.4 Å². The zero-order valence-corrected chi connectivity index (χ0v) is 14.9. The Balaban J connectivity index is 1.56. The number of carbonyl (C=O) groups excluding carboxylic acids is 1. The fraction of sp³-hybridized carbons (Fsp3) is 0.333. The number of hydrogen-bond donors (Lipinski definition) is 3. The van der Waals surface area contributed by atoms with E-state index < -0.39 is 0 Å². The molecule has 3 rings (SSSR count). The molecule has 0 saturated heterocycles. The Labute approximate surface area is 154 Å². The fourth-order valence-corrected chi connectivity index (χ4v) is 3.24. The molecule has 5 heteroatoms. The fourth-order valence-electron chi connectivity index (χ4n) is 3.24. The minimum absolute atomic E-state index is 0.135. The summed E-state index contributed by atoms with van der Waals surface area (Å²) in [6.45, 7) is 0.457. The van der Waals surface area contributed by atoms with Gasteiger partial charge >= 0.3 is 0 Å². The molecule has 0 bridgehead atoms. The van der Waals surface area contributed by atoms with Crippen LogP contribution in [-0.2, 0) is 11.3 Å². The molecule has 1 aliphatic rings. The molecule has 1 saturated carbocycles. The first-order chi connectivity index (χ1) is 12.7. The summed E-state index contributed by atoms with van der Waals surface area (Å²) in [7, 11) is 0. The second kappa shape index (κ2) is 9.04. The molecular formula is C21H26N4O. The number of rotatable bonds is 5. The van der Waals surface area contributed by atoms with Crippen LogP contribution in [0, 0.1) is 5.92 Å². The highest BCUT2D eigenvalue weighted by Crippen LogP contribution is 2.25. The van der Waals surface area contributed by atoms with E-state index in [4.69, 9.17) is 5.73 Å². The van der Waals surface area contributed by atoms with Crippen LogP contribution in [0.2, 0.25) is 0 Å². The maximum atomic E-state index is 12.4. The van der Waals surface area contributed by atoms with Crippen molar-refractivity contribution >= 4 is 23.2 Å². The summed E-state index contributed by atoms with van der Waals surface area (Å²) in [6.07, 6.45) is 5.55. The van der Waals surface area contributed by atoms with Crippen LogP contribution in [0.4, 0.5) is 11.4 Å². The number of guanidine groups is 1. The van der Waals surface area contributed by atoms with Crippen molar-refractivity contribution in [3.8, 4) is 0 Å². The van der Waals surface area contributed by atoms with Gasteiger partial charge in [-0.15, -0.1) is 0 Å². The summed E-state index contributed by atoms with van der Waals surface area (Å²) in [5.74, 6) is 0.652. The summed E-state index contributed by atoms with van der Waals surface area (Å²) in [4.78, 5) is 16.7. The highest BCUT2D eigenvalue weighted by atomic mass is 16.1. The van der Waals surface area contributed by atoms with Crippen molar-refractivity contribution in [1.82, 2.24) is 0 Å². The molecule has 5 nitrogen and oxygen atoms in total. The number of anilines is 2. The van der Waals surface area contributed by atoms with Gasteiger partial charge in [0.1, 0.15) is 0 Å². The van der Waals surface area contributed by atoms with Crippen molar-refractivity contribution in [3.63, 3.8) is 0 Å². The molecule has 4 N–H and O–H groups in total. The van der Waals surface area contributed by atoms with Crippen LogP contribution in [0.15, 0.2) is 59.6 Å². The minimum Gasteiger partial charge on any atom is -0.370 e. The zero-order chi connectivity index (χ0) is 18.2. The molecule has 0 aliphatic heterocycles. The third-order valence-electron chi connectivity index (χ3n) is 4.65. The maximum absolute atomic E-state index is 12.4. The molecule has 2 aromatic carbocycles. The smallest absolute Gasteiger partial charge is 0.227 e. The number of nitrogens with zero attached hydrogens (tertiary/aromatic N) is 1. The number of nitrogens with one attached hydrogen (secondary N) is 2. The van der Waals surface area contributed by atoms with E-state index in [1.807, 2.05) is 54.6 Å². The molecule has 0 heterocycles. The van der Waals surface area contributed by atoms with Gasteiger partial charge in [-0.05, 0) is 42.7 Å². The van der Waals surface area contributed by atoms with E-state index in [1.54, 1.807) is 0 Å². The molecule has 0 aromatic heterocycles. The van der Waals surface area contributed by atoms with Gasteiger partial charge in [0.2, 0.25) is 5.91 Å². The normalized spacial score (nSPS) is 15.5. The first-order valence-corrected chi connectivity index (χ1v) is 9.22. The molecule has 1 aliphatic carbocycles. The molecule has 1 amide bonds. The lowest BCUT2D eigenvalue weighted by molar-refractivity contribution is -0.120. The molecular weight excluding hydrogens is 324 g/mol. The van der Waals surface area contributed by atoms with Gasteiger partial charge in [0.25, 0.3) is 0 Å². The Morgan fingerprint density at radius 3 is 2.46 bits per heavy atom. The van der Waals surface area contributed by atoms with Crippen LogP contribution in [0.1, 0.15) is 37.7 Å². The minimum atomic E-state index is 0.135. The summed E-state index contributed by atoms with van der Waals surface area (Å²) in [5, 5.41) is 6.11. The molecule has 0 unspecified atom stereocenters. The predicted molar refractivity (Wildman–Crippen MR) is 107 cm³/mol. The molecule has 2 aromatic rings. The SMILES string of the molecule is NC(=NCc1cccc(NC(=O)C2CCCCC2)c1)Nc1ccccc1. The first-order valence-electron chi connectivity index (χ1n) is 9.22. The van der Waals surface area contributed by atoms with Crippen molar-refractivity contribution in [3.05, 3.63) is 60.2 Å². The third kappa shape index (κ3) is 5.34. The number of benzene rings is 2. The molecule has 0 spiro atoms. The van der Waals surface area contributed by atoms with E-state index in [0.717, 1.165) is 42.6 Å². The Morgan fingerprint density at radius 2 is 1.69 bits per heavy atom. The molecule has 0 atom stereocenters. The monoisotopic (exact) mass is 350 g/mol. The highest BCUT2D eigenvalue weighted by Gasteiger charge is 2.20. The van der Waals surface area contributed by atoms with Crippen molar-refractivity contribution in [2.24, 2.45) is 16.6 Å². The summed E-state index contributed by atoms with van der Waals surface area (Å²) < 4.78 is 0.